The minimum Gasteiger partial charge on any atom is -0.456 e. The molecule has 0 fully saturated rings. The largest absolute Gasteiger partial charge is 0.456 e. The Hall–Kier alpha value is -3.62. The highest BCUT2D eigenvalue weighted by Crippen LogP contribution is 2.17. The lowest BCUT2D eigenvalue weighted by atomic mass is 10.0. The van der Waals surface area contributed by atoms with Crippen LogP contribution in [-0.4, -0.2) is 54.6 Å². The van der Waals surface area contributed by atoms with E-state index < -0.39 is 29.7 Å². The van der Waals surface area contributed by atoms with Crippen LogP contribution in [-0.2, 0) is 17.6 Å². The van der Waals surface area contributed by atoms with Crippen molar-refractivity contribution in [2.24, 2.45) is 5.73 Å². The van der Waals surface area contributed by atoms with Crippen LogP contribution in [0, 0.1) is 18.6 Å². The number of carbonyl (C=O) groups is 2. The molecule has 0 aliphatic heterocycles. The Morgan fingerprint density at radius 3 is 2.16 bits per heavy atom. The Morgan fingerprint density at radius 2 is 1.53 bits per heavy atom. The van der Waals surface area contributed by atoms with Gasteiger partial charge < -0.3 is 20.7 Å². The van der Waals surface area contributed by atoms with E-state index in [9.17, 15) is 18.4 Å². The molecule has 232 valence electrons. The molecule has 3 rings (SSSR count). The number of aryl methyl sites for hydroxylation is 2. The number of carbonyl (C=O) groups excluding carboxylic acids is 2. The lowest BCUT2D eigenvalue weighted by Gasteiger charge is -2.27. The molecule has 0 radical (unpaired) electrons. The summed E-state index contributed by atoms with van der Waals surface area (Å²) in [5.41, 5.74) is 9.56. The lowest BCUT2D eigenvalue weighted by Crippen LogP contribution is -2.47. The highest BCUT2D eigenvalue weighted by Gasteiger charge is 2.26. The van der Waals surface area contributed by atoms with Gasteiger partial charge in [0, 0.05) is 43.3 Å². The van der Waals surface area contributed by atoms with Crippen LogP contribution in [0.1, 0.15) is 77.4 Å². The number of halogens is 2. The fourth-order valence-corrected chi connectivity index (χ4v) is 5.13. The second kappa shape index (κ2) is 16.9. The number of benzene rings is 3. The van der Waals surface area contributed by atoms with E-state index in [2.05, 4.69) is 17.4 Å². The molecule has 0 saturated carbocycles. The second-order valence-corrected chi connectivity index (χ2v) is 11.3. The summed E-state index contributed by atoms with van der Waals surface area (Å²) < 4.78 is 33.7. The maximum Gasteiger partial charge on any atom is 0.338 e. The SMILES string of the molecule is CCCN(CCC)C(=O)c1cc(C)cc(C(=O)O[C@H](CNC(C)CCc2ccccc2)[C@@H](N)Cc2cc(F)cc(F)c2)c1. The number of nitrogens with zero attached hydrogens (tertiary/aromatic N) is 1. The van der Waals surface area contributed by atoms with Gasteiger partial charge in [0.15, 0.2) is 0 Å². The van der Waals surface area contributed by atoms with Crippen molar-refractivity contribution in [2.75, 3.05) is 19.6 Å². The van der Waals surface area contributed by atoms with Crippen LogP contribution in [0.5, 0.6) is 0 Å². The summed E-state index contributed by atoms with van der Waals surface area (Å²) in [6.07, 6.45) is 2.70. The number of hydrogen-bond acceptors (Lipinski definition) is 5. The molecule has 0 aromatic heterocycles. The van der Waals surface area contributed by atoms with Crippen molar-refractivity contribution < 1.29 is 23.1 Å². The maximum absolute atomic E-state index is 13.9. The fourth-order valence-electron chi connectivity index (χ4n) is 5.13. The van der Waals surface area contributed by atoms with Gasteiger partial charge in [-0.3, -0.25) is 4.79 Å². The predicted molar refractivity (Wildman–Crippen MR) is 167 cm³/mol. The monoisotopic (exact) mass is 593 g/mol. The molecule has 3 aromatic rings. The zero-order chi connectivity index (χ0) is 31.4. The van der Waals surface area contributed by atoms with Crippen molar-refractivity contribution in [1.29, 1.82) is 0 Å². The number of rotatable bonds is 16. The Kier molecular flexibility index (Phi) is 13.3. The molecule has 0 bridgehead atoms. The molecular weight excluding hydrogens is 548 g/mol. The lowest BCUT2D eigenvalue weighted by molar-refractivity contribution is 0.0232. The minimum atomic E-state index is -0.797. The Balaban J connectivity index is 1.77. The Labute approximate surface area is 254 Å². The number of nitrogens with two attached hydrogens (primary N) is 1. The van der Waals surface area contributed by atoms with Gasteiger partial charge in [-0.2, -0.15) is 0 Å². The van der Waals surface area contributed by atoms with E-state index in [4.69, 9.17) is 10.5 Å². The molecule has 0 spiro atoms. The van der Waals surface area contributed by atoms with Crippen molar-refractivity contribution in [3.05, 3.63) is 106 Å². The summed E-state index contributed by atoms with van der Waals surface area (Å²) >= 11 is 0. The van der Waals surface area contributed by atoms with Crippen molar-refractivity contribution in [1.82, 2.24) is 10.2 Å². The highest BCUT2D eigenvalue weighted by atomic mass is 19.1. The molecule has 3 N–H and O–H groups in total. The van der Waals surface area contributed by atoms with Gasteiger partial charge in [-0.05, 0) is 93.0 Å². The maximum atomic E-state index is 13.9. The average Bonchev–Trinajstić information content (AvgIpc) is 2.97. The van der Waals surface area contributed by atoms with Crippen molar-refractivity contribution in [3.63, 3.8) is 0 Å². The number of nitrogens with one attached hydrogen (secondary N) is 1. The summed E-state index contributed by atoms with van der Waals surface area (Å²) in [4.78, 5) is 28.5. The molecule has 0 heterocycles. The van der Waals surface area contributed by atoms with Crippen molar-refractivity contribution >= 4 is 11.9 Å². The topological polar surface area (TPSA) is 84.7 Å². The van der Waals surface area contributed by atoms with E-state index in [1.54, 1.807) is 23.1 Å². The first-order valence-corrected chi connectivity index (χ1v) is 15.2. The van der Waals surface area contributed by atoms with Gasteiger partial charge in [-0.25, -0.2) is 13.6 Å². The molecule has 0 saturated heterocycles. The van der Waals surface area contributed by atoms with Crippen LogP contribution in [0.4, 0.5) is 8.78 Å². The smallest absolute Gasteiger partial charge is 0.338 e. The van der Waals surface area contributed by atoms with E-state index >= 15 is 0 Å². The van der Waals surface area contributed by atoms with Gasteiger partial charge in [-0.15, -0.1) is 0 Å². The van der Waals surface area contributed by atoms with Crippen LogP contribution >= 0.6 is 0 Å². The van der Waals surface area contributed by atoms with Gasteiger partial charge in [0.2, 0.25) is 0 Å². The molecule has 0 aliphatic carbocycles. The third-order valence-electron chi connectivity index (χ3n) is 7.34. The van der Waals surface area contributed by atoms with Crippen LogP contribution < -0.4 is 11.1 Å². The Morgan fingerprint density at radius 1 is 0.907 bits per heavy atom. The first-order chi connectivity index (χ1) is 20.6. The molecule has 1 amide bonds. The minimum absolute atomic E-state index is 0.0894. The number of amides is 1. The molecule has 1 unspecified atom stereocenters. The fraction of sp³-hybridized carbons (Fsp3) is 0.429. The molecule has 8 heteroatoms. The van der Waals surface area contributed by atoms with Crippen LogP contribution in [0.3, 0.4) is 0 Å². The van der Waals surface area contributed by atoms with Gasteiger partial charge >= 0.3 is 5.97 Å². The van der Waals surface area contributed by atoms with Crippen molar-refractivity contribution in [3.8, 4) is 0 Å². The standard InChI is InChI=1S/C35H45F2N3O3/c1-5-14-40(15-6-2)34(41)28-16-24(3)17-29(21-28)35(42)43-33(32(38)20-27-18-30(36)22-31(37)19-27)23-39-25(4)12-13-26-10-8-7-9-11-26/h7-11,16-19,21-22,25,32-33,39H,5-6,12-15,20,23,38H2,1-4H3/t25?,32-,33+/m0/s1. The zero-order valence-corrected chi connectivity index (χ0v) is 25.7. The molecule has 3 atom stereocenters. The second-order valence-electron chi connectivity index (χ2n) is 11.3. The normalized spacial score (nSPS) is 13.3. The molecule has 3 aromatic carbocycles. The van der Waals surface area contributed by atoms with E-state index in [1.165, 1.54) is 17.7 Å². The van der Waals surface area contributed by atoms with E-state index in [-0.39, 0.29) is 30.5 Å². The zero-order valence-electron chi connectivity index (χ0n) is 25.7. The molecule has 43 heavy (non-hydrogen) atoms. The van der Waals surface area contributed by atoms with Gasteiger partial charge in [-0.1, -0.05) is 44.2 Å². The summed E-state index contributed by atoms with van der Waals surface area (Å²) in [7, 11) is 0. The van der Waals surface area contributed by atoms with E-state index in [0.717, 1.165) is 37.3 Å². The number of esters is 1. The average molecular weight is 594 g/mol. The van der Waals surface area contributed by atoms with Gasteiger partial charge in [0.05, 0.1) is 5.56 Å². The van der Waals surface area contributed by atoms with E-state index in [0.29, 0.717) is 24.2 Å². The summed E-state index contributed by atoms with van der Waals surface area (Å²) in [5, 5.41) is 3.42. The quantitative estimate of drug-likeness (QED) is 0.192. The van der Waals surface area contributed by atoms with Crippen molar-refractivity contribution in [2.45, 2.75) is 78.0 Å². The predicted octanol–water partition coefficient (Wildman–Crippen LogP) is 6.24. The molecule has 6 nitrogen and oxygen atoms in total. The van der Waals surface area contributed by atoms with Gasteiger partial charge in [0.1, 0.15) is 17.7 Å². The molecular formula is C35H45F2N3O3. The van der Waals surface area contributed by atoms with E-state index in [1.807, 2.05) is 45.9 Å². The van der Waals surface area contributed by atoms with Crippen LogP contribution in [0.25, 0.3) is 0 Å². The third-order valence-corrected chi connectivity index (χ3v) is 7.34. The first kappa shape index (κ1) is 33.9. The third kappa shape index (κ3) is 10.9. The first-order valence-electron chi connectivity index (χ1n) is 15.2. The number of hydrogen-bond donors (Lipinski definition) is 2. The summed E-state index contributed by atoms with van der Waals surface area (Å²) in [6.45, 7) is 9.43. The molecule has 0 aliphatic rings. The number of ether oxygens (including phenoxy) is 1. The van der Waals surface area contributed by atoms with Crippen LogP contribution in [0.2, 0.25) is 0 Å². The summed E-state index contributed by atoms with van der Waals surface area (Å²) in [5.74, 6) is -2.13. The summed E-state index contributed by atoms with van der Waals surface area (Å²) in [6, 6.07) is 17.8. The van der Waals surface area contributed by atoms with Crippen LogP contribution in [0.15, 0.2) is 66.7 Å². The highest BCUT2D eigenvalue weighted by molar-refractivity contribution is 5.98. The Bertz CT molecular complexity index is 1310. The van der Waals surface area contributed by atoms with Gasteiger partial charge in [0.25, 0.3) is 5.91 Å².